The molecular formula is C11H9ClO4. The molecule has 0 fully saturated rings. The molecule has 1 aromatic rings. The maximum atomic E-state index is 11.5. The van der Waals surface area contributed by atoms with Crippen molar-refractivity contribution in [3.63, 3.8) is 0 Å². The van der Waals surface area contributed by atoms with Crippen molar-refractivity contribution in [2.24, 2.45) is 0 Å². The molecule has 5 heteroatoms. The molecule has 0 aromatic heterocycles. The van der Waals surface area contributed by atoms with Crippen LogP contribution in [0.2, 0.25) is 5.02 Å². The standard InChI is InChI=1S/C11H9ClO4/c1-16-7-2-3-8(9(12)6-7)10(13)4-5-11(14)15/h2-6H,1H3,(H,14,15). The minimum Gasteiger partial charge on any atom is -0.497 e. The van der Waals surface area contributed by atoms with E-state index in [0.717, 1.165) is 12.2 Å². The summed E-state index contributed by atoms with van der Waals surface area (Å²) in [6, 6.07) is 4.55. The van der Waals surface area contributed by atoms with Crippen LogP contribution in [0.5, 0.6) is 5.75 Å². The topological polar surface area (TPSA) is 63.6 Å². The highest BCUT2D eigenvalue weighted by molar-refractivity contribution is 6.34. The Morgan fingerprint density at radius 2 is 2.06 bits per heavy atom. The Bertz CT molecular complexity index is 451. The average Bonchev–Trinajstić information content (AvgIpc) is 2.25. The largest absolute Gasteiger partial charge is 0.497 e. The molecule has 1 aromatic carbocycles. The number of hydrogen-bond donors (Lipinski definition) is 1. The summed E-state index contributed by atoms with van der Waals surface area (Å²) in [6.45, 7) is 0. The molecular weight excluding hydrogens is 232 g/mol. The predicted octanol–water partition coefficient (Wildman–Crippen LogP) is 2.17. The van der Waals surface area contributed by atoms with Gasteiger partial charge in [-0.2, -0.15) is 0 Å². The number of carboxylic acid groups (broad SMARTS) is 1. The molecule has 4 nitrogen and oxygen atoms in total. The molecule has 0 amide bonds. The Morgan fingerprint density at radius 3 is 2.56 bits per heavy atom. The number of carbonyl (C=O) groups excluding carboxylic acids is 1. The van der Waals surface area contributed by atoms with E-state index in [0.29, 0.717) is 5.75 Å². The molecule has 1 rings (SSSR count). The molecule has 0 radical (unpaired) electrons. The van der Waals surface area contributed by atoms with Gasteiger partial charge in [-0.05, 0) is 24.3 Å². The van der Waals surface area contributed by atoms with Crippen LogP contribution >= 0.6 is 11.6 Å². The van der Waals surface area contributed by atoms with E-state index < -0.39 is 11.8 Å². The minimum atomic E-state index is -1.18. The summed E-state index contributed by atoms with van der Waals surface area (Å²) >= 11 is 5.84. The van der Waals surface area contributed by atoms with Gasteiger partial charge in [0.25, 0.3) is 0 Å². The number of methoxy groups -OCH3 is 1. The van der Waals surface area contributed by atoms with Crippen LogP contribution < -0.4 is 4.74 Å². The highest BCUT2D eigenvalue weighted by Gasteiger charge is 2.08. The van der Waals surface area contributed by atoms with Crippen LogP contribution in [0.4, 0.5) is 0 Å². The molecule has 0 spiro atoms. The number of hydrogen-bond acceptors (Lipinski definition) is 3. The van der Waals surface area contributed by atoms with E-state index in [1.54, 1.807) is 6.07 Å². The summed E-state index contributed by atoms with van der Waals surface area (Å²) in [4.78, 5) is 21.7. The normalized spacial score (nSPS) is 10.4. The molecule has 16 heavy (non-hydrogen) atoms. The Balaban J connectivity index is 2.96. The van der Waals surface area contributed by atoms with Gasteiger partial charge in [0.15, 0.2) is 5.78 Å². The lowest BCUT2D eigenvalue weighted by molar-refractivity contribution is -0.131. The van der Waals surface area contributed by atoms with Crippen molar-refractivity contribution in [1.29, 1.82) is 0 Å². The monoisotopic (exact) mass is 240 g/mol. The smallest absolute Gasteiger partial charge is 0.328 e. The van der Waals surface area contributed by atoms with Crippen molar-refractivity contribution in [2.45, 2.75) is 0 Å². The van der Waals surface area contributed by atoms with Crippen LogP contribution in [0, 0.1) is 0 Å². The van der Waals surface area contributed by atoms with Gasteiger partial charge in [-0.15, -0.1) is 0 Å². The van der Waals surface area contributed by atoms with E-state index in [4.69, 9.17) is 21.4 Å². The van der Waals surface area contributed by atoms with Crippen LogP contribution in [0.15, 0.2) is 30.4 Å². The predicted molar refractivity (Wildman–Crippen MR) is 59.1 cm³/mol. The SMILES string of the molecule is COc1ccc(C(=O)C=CC(=O)O)c(Cl)c1. The lowest BCUT2D eigenvalue weighted by Crippen LogP contribution is -1.98. The van der Waals surface area contributed by atoms with Gasteiger partial charge in [0.05, 0.1) is 12.1 Å². The van der Waals surface area contributed by atoms with Crippen molar-refractivity contribution in [3.8, 4) is 5.75 Å². The summed E-state index contributed by atoms with van der Waals surface area (Å²) in [5.41, 5.74) is 0.236. The third-order valence-electron chi connectivity index (χ3n) is 1.82. The van der Waals surface area contributed by atoms with Gasteiger partial charge < -0.3 is 9.84 Å². The zero-order valence-corrected chi connectivity index (χ0v) is 9.19. The summed E-state index contributed by atoms with van der Waals surface area (Å²) in [6.07, 6.45) is 1.72. The molecule has 0 saturated heterocycles. The first kappa shape index (κ1) is 12.3. The first-order chi connectivity index (χ1) is 7.54. The van der Waals surface area contributed by atoms with Crippen molar-refractivity contribution >= 4 is 23.4 Å². The van der Waals surface area contributed by atoms with Crippen LogP contribution in [0.3, 0.4) is 0 Å². The molecule has 0 atom stereocenters. The van der Waals surface area contributed by atoms with Crippen molar-refractivity contribution < 1.29 is 19.4 Å². The molecule has 0 aliphatic rings. The van der Waals surface area contributed by atoms with Gasteiger partial charge in [0.2, 0.25) is 0 Å². The summed E-state index contributed by atoms with van der Waals surface area (Å²) in [7, 11) is 1.48. The van der Waals surface area contributed by atoms with Crippen LogP contribution in [-0.4, -0.2) is 24.0 Å². The Labute approximate surface area is 97.1 Å². The number of halogens is 1. The van der Waals surface area contributed by atoms with E-state index in [1.165, 1.54) is 19.2 Å². The third-order valence-corrected chi connectivity index (χ3v) is 2.13. The van der Waals surface area contributed by atoms with Crippen LogP contribution in [0.25, 0.3) is 0 Å². The summed E-state index contributed by atoms with van der Waals surface area (Å²) < 4.78 is 4.92. The maximum absolute atomic E-state index is 11.5. The molecule has 84 valence electrons. The van der Waals surface area contributed by atoms with E-state index in [1.807, 2.05) is 0 Å². The van der Waals surface area contributed by atoms with E-state index in [9.17, 15) is 9.59 Å². The van der Waals surface area contributed by atoms with Gasteiger partial charge in [0.1, 0.15) is 5.75 Å². The molecule has 0 unspecified atom stereocenters. The van der Waals surface area contributed by atoms with Crippen molar-refractivity contribution in [3.05, 3.63) is 40.9 Å². The average molecular weight is 241 g/mol. The molecule has 0 aliphatic carbocycles. The second-order valence-electron chi connectivity index (χ2n) is 2.88. The fraction of sp³-hybridized carbons (Fsp3) is 0.0909. The highest BCUT2D eigenvalue weighted by atomic mass is 35.5. The molecule has 0 heterocycles. The fourth-order valence-corrected chi connectivity index (χ4v) is 1.32. The fourth-order valence-electron chi connectivity index (χ4n) is 1.06. The van der Waals surface area contributed by atoms with Crippen molar-refractivity contribution in [2.75, 3.05) is 7.11 Å². The number of allylic oxidation sites excluding steroid dienone is 1. The summed E-state index contributed by atoms with van der Waals surface area (Å²) in [5, 5.41) is 8.59. The molecule has 0 saturated carbocycles. The lowest BCUT2D eigenvalue weighted by atomic mass is 10.1. The first-order valence-corrected chi connectivity index (χ1v) is 4.71. The van der Waals surface area contributed by atoms with Gasteiger partial charge in [-0.1, -0.05) is 11.6 Å². The Morgan fingerprint density at radius 1 is 1.38 bits per heavy atom. The van der Waals surface area contributed by atoms with E-state index in [-0.39, 0.29) is 10.6 Å². The molecule has 0 bridgehead atoms. The van der Waals surface area contributed by atoms with E-state index >= 15 is 0 Å². The first-order valence-electron chi connectivity index (χ1n) is 4.33. The lowest BCUT2D eigenvalue weighted by Gasteiger charge is -2.03. The van der Waals surface area contributed by atoms with Gasteiger partial charge in [-0.25, -0.2) is 4.79 Å². The second kappa shape index (κ2) is 5.32. The molecule has 1 N–H and O–H groups in total. The summed E-state index contributed by atoms with van der Waals surface area (Å²) in [5.74, 6) is -1.11. The number of rotatable bonds is 4. The Kier molecular flexibility index (Phi) is 4.08. The number of ether oxygens (including phenoxy) is 1. The van der Waals surface area contributed by atoms with Gasteiger partial charge >= 0.3 is 5.97 Å². The molecule has 0 aliphatic heterocycles. The number of carbonyl (C=O) groups is 2. The number of benzene rings is 1. The van der Waals surface area contributed by atoms with Gasteiger partial charge in [0, 0.05) is 11.6 Å². The van der Waals surface area contributed by atoms with E-state index in [2.05, 4.69) is 0 Å². The van der Waals surface area contributed by atoms with Crippen LogP contribution in [-0.2, 0) is 4.79 Å². The maximum Gasteiger partial charge on any atom is 0.328 e. The number of ketones is 1. The zero-order valence-electron chi connectivity index (χ0n) is 8.44. The number of aliphatic carboxylic acids is 1. The van der Waals surface area contributed by atoms with Gasteiger partial charge in [-0.3, -0.25) is 4.79 Å². The second-order valence-corrected chi connectivity index (χ2v) is 3.29. The van der Waals surface area contributed by atoms with Crippen molar-refractivity contribution in [1.82, 2.24) is 0 Å². The minimum absolute atomic E-state index is 0.222. The highest BCUT2D eigenvalue weighted by Crippen LogP contribution is 2.22. The number of carboxylic acids is 1. The third kappa shape index (κ3) is 3.10. The van der Waals surface area contributed by atoms with Crippen LogP contribution in [0.1, 0.15) is 10.4 Å². The Hall–Kier alpha value is -1.81. The quantitative estimate of drug-likeness (QED) is 0.647. The zero-order chi connectivity index (χ0) is 12.1.